The predicted octanol–water partition coefficient (Wildman–Crippen LogP) is 7.33. The van der Waals surface area contributed by atoms with Gasteiger partial charge in [-0.15, -0.1) is 0 Å². The molecular weight excluding hydrogens is 1530 g/mol. The zero-order valence-corrected chi connectivity index (χ0v) is 66.8. The van der Waals surface area contributed by atoms with Crippen LogP contribution in [0.1, 0.15) is 190 Å². The highest BCUT2D eigenvalue weighted by Gasteiger charge is 2.64. The summed E-state index contributed by atoms with van der Waals surface area (Å²) < 4.78 is 116. The molecule has 11 aliphatic rings. The van der Waals surface area contributed by atoms with E-state index >= 15 is 0 Å². The van der Waals surface area contributed by atoms with Crippen molar-refractivity contribution in [1.29, 1.82) is 0 Å². The fraction of sp³-hybridized carbons (Fsp3) is 0.595. The van der Waals surface area contributed by atoms with Gasteiger partial charge in [0.2, 0.25) is 43.7 Å². The van der Waals surface area contributed by atoms with Crippen molar-refractivity contribution in [3.63, 3.8) is 0 Å². The lowest BCUT2D eigenvalue weighted by molar-refractivity contribution is -0.141. The van der Waals surface area contributed by atoms with Gasteiger partial charge in [0.05, 0.1) is 43.3 Å². The molecule has 7 heterocycles. The number of benzene rings is 3. The summed E-state index contributed by atoms with van der Waals surface area (Å²) in [6.07, 6.45) is 11.1. The first-order valence-corrected chi connectivity index (χ1v) is 42.1. The number of carbonyl (C=O) groups excluding carboxylic acids is 10. The number of ether oxygens (including phenoxy) is 4. The number of hydrogen-bond acceptors (Lipinski definition) is 20. The number of aliphatic hydroxyl groups excluding tert-OH is 1. The Kier molecular flexibility index (Phi) is 26.6. The van der Waals surface area contributed by atoms with Crippen LogP contribution in [0.4, 0.5) is 32.3 Å². The van der Waals surface area contributed by atoms with Crippen LogP contribution < -0.4 is 36.0 Å². The van der Waals surface area contributed by atoms with Crippen LogP contribution in [0.3, 0.4) is 0 Å². The van der Waals surface area contributed by atoms with Gasteiger partial charge in [-0.05, 0) is 153 Å². The molecule has 2 unspecified atom stereocenters. The minimum absolute atomic E-state index is 0.00168. The molecule has 0 aromatic heterocycles. The van der Waals surface area contributed by atoms with Crippen LogP contribution in [0.25, 0.3) is 0 Å². The monoisotopic (exact) mass is 1630 g/mol. The zero-order valence-electron chi connectivity index (χ0n) is 65.2. The second kappa shape index (κ2) is 35.4. The maximum absolute atomic E-state index is 14.4. The van der Waals surface area contributed by atoms with Crippen LogP contribution in [0.2, 0.25) is 0 Å². The molecule has 14 rings (SSSR count). The van der Waals surface area contributed by atoms with E-state index in [2.05, 4.69) is 40.8 Å². The first-order valence-electron chi connectivity index (χ1n) is 39.0. The van der Waals surface area contributed by atoms with Gasteiger partial charge in [0.1, 0.15) is 70.0 Å². The van der Waals surface area contributed by atoms with Gasteiger partial charge in [0.25, 0.3) is 11.8 Å². The van der Waals surface area contributed by atoms with Gasteiger partial charge in [0.15, 0.2) is 0 Å². The summed E-state index contributed by atoms with van der Waals surface area (Å²) in [7, 11) is -6.43. The number of allylic oxidation sites excluding steroid dienone is 2. The van der Waals surface area contributed by atoms with Gasteiger partial charge < -0.3 is 60.4 Å². The molecule has 35 heteroatoms. The van der Waals surface area contributed by atoms with Crippen molar-refractivity contribution in [2.45, 2.75) is 266 Å². The average Bonchev–Trinajstić information content (AvgIpc) is 1.57. The van der Waals surface area contributed by atoms with E-state index in [4.69, 9.17) is 14.2 Å². The van der Waals surface area contributed by atoms with Crippen molar-refractivity contribution < 1.29 is 102 Å². The minimum atomic E-state index is -3.92. The Morgan fingerprint density at radius 2 is 0.965 bits per heavy atom. The van der Waals surface area contributed by atoms with Crippen molar-refractivity contribution in [2.24, 2.45) is 11.8 Å². The molecular formula is C79H104F3N11O19S2. The Labute approximate surface area is 661 Å². The van der Waals surface area contributed by atoms with E-state index in [0.717, 1.165) is 48.9 Å². The molecule has 7 aliphatic heterocycles. The number of amides is 10. The lowest BCUT2D eigenvalue weighted by atomic mass is 10.0. The number of fused-ring (bicyclic) bond motifs is 7. The number of rotatable bonds is 9. The molecule has 30 nitrogen and oxygen atoms in total. The Balaban J connectivity index is 0.000000176. The summed E-state index contributed by atoms with van der Waals surface area (Å²) in [5, 5.41) is 23.0. The van der Waals surface area contributed by atoms with Crippen LogP contribution in [-0.4, -0.2) is 191 Å². The molecule has 3 aromatic carbocycles. The number of methoxy groups -OCH3 is 1. The number of alkyl carbamates (subject to hydrolysis) is 2. The maximum Gasteiger partial charge on any atom is 0.410 e. The first-order chi connectivity index (χ1) is 53.9. The number of hydrogen-bond donors (Lipinski definition) is 8. The topological polar surface area (TPSA) is 393 Å². The van der Waals surface area contributed by atoms with E-state index in [1.165, 1.54) is 44.9 Å². The quantitative estimate of drug-likeness (QED) is 0.0767. The van der Waals surface area contributed by atoms with Crippen LogP contribution in [-0.2, 0) is 107 Å². The lowest BCUT2D eigenvalue weighted by Gasteiger charge is -2.30. The lowest BCUT2D eigenvalue weighted by Crippen LogP contribution is -2.58. The molecule has 0 spiro atoms. The molecule has 0 radical (unpaired) electrons. The average molecular weight is 1630 g/mol. The number of halogens is 3. The van der Waals surface area contributed by atoms with Gasteiger partial charge in [-0.3, -0.25) is 48.0 Å². The predicted molar refractivity (Wildman–Crippen MR) is 406 cm³/mol. The Hall–Kier alpha value is -9.35. The SMILES string of the molecule is CC(C)(C)OC(=O)N[C@H]1CCCCC/C=C\[C@@H]2C[C@@]2(C(=O)NS(=O)(=O)C2CC2)NC(=O)C2C[C@@H](O)CN2C1=O.CC(C)(C)OC(=O)N[C@H]1CCCCC/C=C\[C@@H]2C[C@@]2(C(=O)NS(=O)(=O)C2CC2)NC(=O)C2C[C@@H](OC(=O)N3Cc4cccc(F)c4C3)CN2C1=O.COC(=O)N1Cc2cccc(F)c2C1.Fc1cccc2c1CNC2. The summed E-state index contributed by atoms with van der Waals surface area (Å²) in [5.74, 6) is -5.75. The normalized spacial score (nSPS) is 27.3. The van der Waals surface area contributed by atoms with Gasteiger partial charge in [-0.25, -0.2) is 49.2 Å². The van der Waals surface area contributed by atoms with Crippen molar-refractivity contribution >= 4 is 79.9 Å². The molecule has 3 aromatic rings. The van der Waals surface area contributed by atoms with E-state index in [1.807, 2.05) is 36.4 Å². The molecule has 6 fully saturated rings. The van der Waals surface area contributed by atoms with Crippen LogP contribution >= 0.6 is 0 Å². The molecule has 10 amide bonds. The Bertz CT molecular complexity index is 4470. The highest BCUT2D eigenvalue weighted by Crippen LogP contribution is 2.48. The van der Waals surface area contributed by atoms with Crippen molar-refractivity contribution in [3.8, 4) is 0 Å². The van der Waals surface area contributed by atoms with Crippen LogP contribution in [0, 0.1) is 29.3 Å². The molecule has 114 heavy (non-hydrogen) atoms. The van der Waals surface area contributed by atoms with Gasteiger partial charge in [0, 0.05) is 74.1 Å². The second-order valence-corrected chi connectivity index (χ2v) is 36.9. The largest absolute Gasteiger partial charge is 0.453 e. The highest BCUT2D eigenvalue weighted by atomic mass is 32.2. The number of nitrogens with zero attached hydrogens (tertiary/aromatic N) is 4. The van der Waals surface area contributed by atoms with Gasteiger partial charge in [-0.2, -0.15) is 0 Å². The van der Waals surface area contributed by atoms with Crippen molar-refractivity contribution in [2.75, 3.05) is 20.2 Å². The third kappa shape index (κ3) is 21.4. The zero-order chi connectivity index (χ0) is 82.4. The van der Waals surface area contributed by atoms with Crippen molar-refractivity contribution in [1.82, 2.24) is 55.6 Å². The van der Waals surface area contributed by atoms with Crippen LogP contribution in [0.5, 0.6) is 0 Å². The second-order valence-electron chi connectivity index (χ2n) is 33.0. The number of carbonyl (C=O) groups is 10. The third-order valence-corrected chi connectivity index (χ3v) is 25.4. The fourth-order valence-electron chi connectivity index (χ4n) is 15.2. The minimum Gasteiger partial charge on any atom is -0.453 e. The molecule has 622 valence electrons. The molecule has 2 saturated heterocycles. The molecule has 0 bridgehead atoms. The number of nitrogens with one attached hydrogen (secondary N) is 7. The van der Waals surface area contributed by atoms with E-state index < -0.39 is 167 Å². The van der Waals surface area contributed by atoms with E-state index in [-0.39, 0.29) is 69.9 Å². The fourth-order valence-corrected chi connectivity index (χ4v) is 17.9. The summed E-state index contributed by atoms with van der Waals surface area (Å²) in [5.41, 5.74) is -0.193. The van der Waals surface area contributed by atoms with E-state index in [9.17, 15) is 83.1 Å². The van der Waals surface area contributed by atoms with E-state index in [0.29, 0.717) is 94.1 Å². The van der Waals surface area contributed by atoms with Gasteiger partial charge >= 0.3 is 24.4 Å². The van der Waals surface area contributed by atoms with E-state index in [1.54, 1.807) is 65.8 Å². The maximum atomic E-state index is 14.4. The summed E-state index contributed by atoms with van der Waals surface area (Å²) in [6.45, 7) is 12.3. The van der Waals surface area contributed by atoms with Gasteiger partial charge in [-0.1, -0.05) is 86.4 Å². The first kappa shape index (κ1) is 85.5. The number of sulfonamides is 2. The summed E-state index contributed by atoms with van der Waals surface area (Å²) in [4.78, 5) is 138. The molecule has 4 aliphatic carbocycles. The molecule has 8 N–H and O–H groups in total. The van der Waals surface area contributed by atoms with Crippen LogP contribution in [0.15, 0.2) is 78.9 Å². The number of aliphatic hydroxyl groups is 1. The Morgan fingerprint density at radius 3 is 1.39 bits per heavy atom. The molecule has 4 saturated carbocycles. The Morgan fingerprint density at radius 1 is 0.535 bits per heavy atom. The summed E-state index contributed by atoms with van der Waals surface area (Å²) >= 11 is 0. The standard InChI is InChI=1S/C35H46FN5O9S.C26H40N4O8S.C10H10FNO2.C8H8FN/c1-34(2,3)50-32(45)37-27-13-8-6-4-5-7-11-22-17-35(22,31(44)39-51(47,48)24-14-15-24)38-29(42)28-16-23(19-41(28)30(27)43)49-33(46)40-18-21-10-9-12-26(36)25(21)20-40;1-25(2,3)38-24(35)27-19-10-8-6-4-5-7-9-16-14-26(16,23(34)29-39(36,37)18-11-12-18)28-21(32)20-13-17(31)15-30(20)22(19)33;1-14-10(13)12-5-7-3-2-4-9(11)8(7)6-12;9-8-3-1-2-6-4-10-5-7(6)8/h7,9-12,22-24,27-28H,4-6,8,13-20H2,1-3H3,(H,37,45)(H,38,42)(H,39,44);7,9,16-20,31H,4-6,8,10-15H2,1-3H3,(H,27,35)(H,28,32)(H,29,34);2-4H,5-6H2,1H3;1-3,10H,4-5H2/b11-7-;9-7-;;/t22-,23-,27+,28?,35-;16-,17-,19+,20?,26-;;/m11../s1. The van der Waals surface area contributed by atoms with Crippen molar-refractivity contribution in [3.05, 3.63) is 130 Å². The summed E-state index contributed by atoms with van der Waals surface area (Å²) in [6, 6.07) is 10.3. The smallest absolute Gasteiger partial charge is 0.410 e. The molecule has 10 atom stereocenters. The highest BCUT2D eigenvalue weighted by molar-refractivity contribution is 7.91. The third-order valence-electron chi connectivity index (χ3n) is 21.7.